The van der Waals surface area contributed by atoms with Gasteiger partial charge in [0.05, 0.1) is 0 Å². The van der Waals surface area contributed by atoms with Gasteiger partial charge >= 0.3 is 6.03 Å². The van der Waals surface area contributed by atoms with E-state index in [-0.39, 0.29) is 6.03 Å². The number of nitrogens with zero attached hydrogens (tertiary/aromatic N) is 3. The summed E-state index contributed by atoms with van der Waals surface area (Å²) in [6.45, 7) is 5.86. The van der Waals surface area contributed by atoms with Gasteiger partial charge in [0.2, 0.25) is 5.13 Å². The highest BCUT2D eigenvalue weighted by Crippen LogP contribution is 2.31. The van der Waals surface area contributed by atoms with E-state index in [0.717, 1.165) is 25.9 Å². The van der Waals surface area contributed by atoms with E-state index in [1.165, 1.54) is 28.0 Å². The summed E-state index contributed by atoms with van der Waals surface area (Å²) < 4.78 is 0. The number of likely N-dealkylation sites (tertiary alicyclic amines) is 1. The fourth-order valence-corrected chi connectivity index (χ4v) is 3.43. The van der Waals surface area contributed by atoms with Crippen LogP contribution in [0.15, 0.2) is 23.7 Å². The molecule has 3 rings (SSSR count). The molecule has 1 aromatic carbocycles. The molecule has 1 aliphatic heterocycles. The molecule has 0 radical (unpaired) electrons. The Kier molecular flexibility index (Phi) is 4.38. The lowest BCUT2D eigenvalue weighted by Gasteiger charge is -2.32. The van der Waals surface area contributed by atoms with E-state index in [1.807, 2.05) is 4.90 Å². The Balaban J connectivity index is 1.60. The largest absolute Gasteiger partial charge is 0.324 e. The van der Waals surface area contributed by atoms with Crippen molar-refractivity contribution < 1.29 is 4.79 Å². The van der Waals surface area contributed by atoms with Crippen LogP contribution in [0.4, 0.5) is 9.93 Å². The SMILES string of the molecule is Cc1ccc(C)c(C2CCN(C(=O)Nc3nncs3)CC2)c1. The molecule has 0 saturated carbocycles. The van der Waals surface area contributed by atoms with Crippen molar-refractivity contribution >= 4 is 22.5 Å². The average Bonchev–Trinajstić information content (AvgIpc) is 3.03. The average molecular weight is 316 g/mol. The van der Waals surface area contributed by atoms with Gasteiger partial charge in [-0.05, 0) is 43.7 Å². The lowest BCUT2D eigenvalue weighted by atomic mass is 9.86. The van der Waals surface area contributed by atoms with Crippen LogP contribution < -0.4 is 5.32 Å². The zero-order chi connectivity index (χ0) is 15.5. The molecule has 5 nitrogen and oxygen atoms in total. The smallest absolute Gasteiger partial charge is 0.323 e. The summed E-state index contributed by atoms with van der Waals surface area (Å²) >= 11 is 1.34. The second-order valence-corrected chi connectivity index (χ2v) is 6.63. The molecule has 2 amide bonds. The lowest BCUT2D eigenvalue weighted by molar-refractivity contribution is 0.194. The van der Waals surface area contributed by atoms with Gasteiger partial charge in [-0.15, -0.1) is 10.2 Å². The van der Waals surface area contributed by atoms with Crippen molar-refractivity contribution in [3.63, 3.8) is 0 Å². The Morgan fingerprint density at radius 3 is 2.77 bits per heavy atom. The van der Waals surface area contributed by atoms with Crippen LogP contribution in [-0.2, 0) is 0 Å². The molecule has 0 aliphatic carbocycles. The van der Waals surface area contributed by atoms with Crippen LogP contribution in [-0.4, -0.2) is 34.2 Å². The van der Waals surface area contributed by atoms with E-state index in [9.17, 15) is 4.79 Å². The molecule has 1 N–H and O–H groups in total. The Bertz CT molecular complexity index is 648. The van der Waals surface area contributed by atoms with E-state index in [1.54, 1.807) is 5.51 Å². The minimum absolute atomic E-state index is 0.0730. The molecule has 0 bridgehead atoms. The van der Waals surface area contributed by atoms with Crippen LogP contribution in [0.2, 0.25) is 0 Å². The Morgan fingerprint density at radius 2 is 2.09 bits per heavy atom. The monoisotopic (exact) mass is 316 g/mol. The van der Waals surface area contributed by atoms with Crippen molar-refractivity contribution in [3.05, 3.63) is 40.4 Å². The molecule has 0 unspecified atom stereocenters. The van der Waals surface area contributed by atoms with Crippen LogP contribution in [0, 0.1) is 13.8 Å². The summed E-state index contributed by atoms with van der Waals surface area (Å²) in [5.41, 5.74) is 5.70. The summed E-state index contributed by atoms with van der Waals surface area (Å²) in [7, 11) is 0. The fourth-order valence-electron chi connectivity index (χ4n) is 2.99. The first-order chi connectivity index (χ1) is 10.6. The van der Waals surface area contributed by atoms with E-state index >= 15 is 0 Å². The van der Waals surface area contributed by atoms with Crippen LogP contribution in [0.5, 0.6) is 0 Å². The number of nitrogens with one attached hydrogen (secondary N) is 1. The summed E-state index contributed by atoms with van der Waals surface area (Å²) in [5.74, 6) is 0.547. The molecule has 2 aromatic rings. The standard InChI is InChI=1S/C16H20N4OS/c1-11-3-4-12(2)14(9-11)13-5-7-20(8-6-13)16(21)18-15-19-17-10-22-15/h3-4,9-10,13H,5-8H2,1-2H3,(H,18,19,21). The third-order valence-electron chi connectivity index (χ3n) is 4.23. The number of hydrogen-bond acceptors (Lipinski definition) is 4. The molecular weight excluding hydrogens is 296 g/mol. The highest BCUT2D eigenvalue weighted by molar-refractivity contribution is 7.13. The number of aromatic nitrogens is 2. The number of rotatable bonds is 2. The number of urea groups is 1. The predicted molar refractivity (Wildman–Crippen MR) is 88.4 cm³/mol. The fraction of sp³-hybridized carbons (Fsp3) is 0.438. The molecule has 6 heteroatoms. The lowest BCUT2D eigenvalue weighted by Crippen LogP contribution is -2.40. The molecule has 2 heterocycles. The third-order valence-corrected chi connectivity index (χ3v) is 4.84. The number of anilines is 1. The number of piperidine rings is 1. The number of carbonyl (C=O) groups excluding carboxylic acids is 1. The van der Waals surface area contributed by atoms with Crippen molar-refractivity contribution in [3.8, 4) is 0 Å². The van der Waals surface area contributed by atoms with Gasteiger partial charge in [-0.3, -0.25) is 5.32 Å². The van der Waals surface area contributed by atoms with Crippen LogP contribution in [0.25, 0.3) is 0 Å². The normalized spacial score (nSPS) is 15.8. The summed E-state index contributed by atoms with van der Waals surface area (Å²) in [6.07, 6.45) is 2.02. The van der Waals surface area contributed by atoms with E-state index in [2.05, 4.69) is 47.6 Å². The maximum atomic E-state index is 12.2. The van der Waals surface area contributed by atoms with Gasteiger partial charge in [-0.2, -0.15) is 0 Å². The van der Waals surface area contributed by atoms with Gasteiger partial charge in [0, 0.05) is 13.1 Å². The second-order valence-electron chi connectivity index (χ2n) is 5.80. The van der Waals surface area contributed by atoms with Gasteiger partial charge < -0.3 is 4.90 Å². The van der Waals surface area contributed by atoms with Crippen LogP contribution >= 0.6 is 11.3 Å². The predicted octanol–water partition coefficient (Wildman–Crippen LogP) is 3.57. The topological polar surface area (TPSA) is 58.1 Å². The van der Waals surface area contributed by atoms with Gasteiger partial charge in [0.25, 0.3) is 0 Å². The first kappa shape index (κ1) is 15.0. The molecule has 0 spiro atoms. The zero-order valence-electron chi connectivity index (χ0n) is 12.9. The van der Waals surface area contributed by atoms with Crippen LogP contribution in [0.3, 0.4) is 0 Å². The van der Waals surface area contributed by atoms with Crippen molar-refractivity contribution in [1.29, 1.82) is 0 Å². The molecular formula is C16H20N4OS. The second kappa shape index (κ2) is 6.44. The minimum Gasteiger partial charge on any atom is -0.324 e. The molecule has 0 atom stereocenters. The molecule has 1 fully saturated rings. The molecule has 1 aliphatic rings. The first-order valence-electron chi connectivity index (χ1n) is 7.53. The quantitative estimate of drug-likeness (QED) is 0.921. The molecule has 1 aromatic heterocycles. The van der Waals surface area contributed by atoms with Gasteiger partial charge in [-0.1, -0.05) is 35.1 Å². The number of aryl methyl sites for hydroxylation is 2. The van der Waals surface area contributed by atoms with E-state index in [0.29, 0.717) is 11.0 Å². The van der Waals surface area contributed by atoms with Crippen molar-refractivity contribution in [2.45, 2.75) is 32.6 Å². The highest BCUT2D eigenvalue weighted by Gasteiger charge is 2.25. The van der Waals surface area contributed by atoms with Gasteiger partial charge in [0.1, 0.15) is 5.51 Å². The zero-order valence-corrected chi connectivity index (χ0v) is 13.7. The maximum Gasteiger partial charge on any atom is 0.323 e. The number of benzene rings is 1. The van der Waals surface area contributed by atoms with Crippen molar-refractivity contribution in [2.75, 3.05) is 18.4 Å². The Hall–Kier alpha value is -1.95. The van der Waals surface area contributed by atoms with E-state index in [4.69, 9.17) is 0 Å². The highest BCUT2D eigenvalue weighted by atomic mass is 32.1. The van der Waals surface area contributed by atoms with Crippen molar-refractivity contribution in [1.82, 2.24) is 15.1 Å². The van der Waals surface area contributed by atoms with Gasteiger partial charge in [-0.25, -0.2) is 4.79 Å². The summed E-state index contributed by atoms with van der Waals surface area (Å²) in [5, 5.41) is 10.9. The maximum absolute atomic E-state index is 12.2. The first-order valence-corrected chi connectivity index (χ1v) is 8.40. The number of amides is 2. The summed E-state index contributed by atoms with van der Waals surface area (Å²) in [6, 6.07) is 6.57. The Morgan fingerprint density at radius 1 is 1.32 bits per heavy atom. The summed E-state index contributed by atoms with van der Waals surface area (Å²) in [4.78, 5) is 14.0. The minimum atomic E-state index is -0.0730. The molecule has 22 heavy (non-hydrogen) atoms. The molecule has 1 saturated heterocycles. The van der Waals surface area contributed by atoms with E-state index < -0.39 is 0 Å². The van der Waals surface area contributed by atoms with Gasteiger partial charge in [0.15, 0.2) is 0 Å². The van der Waals surface area contributed by atoms with Crippen molar-refractivity contribution in [2.24, 2.45) is 0 Å². The number of hydrogen-bond donors (Lipinski definition) is 1. The Labute approximate surface area is 134 Å². The number of carbonyl (C=O) groups is 1. The molecule has 116 valence electrons. The van der Waals surface area contributed by atoms with Crippen LogP contribution in [0.1, 0.15) is 35.4 Å². The third kappa shape index (κ3) is 3.27.